The molecule has 2 heterocycles. The fraction of sp³-hybridized carbons (Fsp3) is 0.522. The van der Waals surface area contributed by atoms with E-state index < -0.39 is 6.36 Å². The van der Waals surface area contributed by atoms with Crippen molar-refractivity contribution in [1.82, 2.24) is 20.3 Å². The highest BCUT2D eigenvalue weighted by Crippen LogP contribution is 2.45. The fourth-order valence-corrected chi connectivity index (χ4v) is 4.84. The lowest BCUT2D eigenvalue weighted by molar-refractivity contribution is -0.274. The van der Waals surface area contributed by atoms with E-state index in [2.05, 4.69) is 15.2 Å². The number of urea groups is 1. The van der Waals surface area contributed by atoms with Gasteiger partial charge in [0.05, 0.1) is 12.6 Å². The summed E-state index contributed by atoms with van der Waals surface area (Å²) in [6.45, 7) is 2.22. The molecule has 2 aromatic rings. The topological polar surface area (TPSA) is 87.9 Å². The lowest BCUT2D eigenvalue weighted by atomic mass is 10.0. The first kappa shape index (κ1) is 22.5. The number of carbonyl (C=O) groups is 2. The molecule has 3 fully saturated rings. The molecule has 1 aromatic carbocycles. The first-order chi connectivity index (χ1) is 16.2. The van der Waals surface area contributed by atoms with Crippen LogP contribution in [0.5, 0.6) is 5.75 Å². The second kappa shape index (κ2) is 8.52. The van der Waals surface area contributed by atoms with Gasteiger partial charge in [0.2, 0.25) is 5.91 Å². The first-order valence-corrected chi connectivity index (χ1v) is 11.3. The average Bonchev–Trinajstić information content (AvgIpc) is 3.69. The van der Waals surface area contributed by atoms with Gasteiger partial charge in [0.1, 0.15) is 11.4 Å². The van der Waals surface area contributed by atoms with Gasteiger partial charge in [0.15, 0.2) is 5.76 Å². The Morgan fingerprint density at radius 1 is 1.24 bits per heavy atom. The number of aromatic nitrogens is 1. The summed E-state index contributed by atoms with van der Waals surface area (Å²) in [4.78, 5) is 28.8. The Bertz CT molecular complexity index is 1080. The van der Waals surface area contributed by atoms with Gasteiger partial charge < -0.3 is 24.4 Å². The molecule has 8 nitrogen and oxygen atoms in total. The van der Waals surface area contributed by atoms with Crippen molar-refractivity contribution in [3.63, 3.8) is 0 Å². The number of fused-ring (bicyclic) bond motifs is 1. The van der Waals surface area contributed by atoms with Crippen LogP contribution in [-0.2, 0) is 11.3 Å². The van der Waals surface area contributed by atoms with E-state index in [9.17, 15) is 22.8 Å². The number of hydrogen-bond acceptors (Lipinski definition) is 5. The third-order valence-electron chi connectivity index (χ3n) is 6.58. The number of ether oxygens (including phenoxy) is 1. The van der Waals surface area contributed by atoms with Gasteiger partial charge >= 0.3 is 12.4 Å². The van der Waals surface area contributed by atoms with Crippen molar-refractivity contribution in [2.75, 3.05) is 6.54 Å². The minimum Gasteiger partial charge on any atom is -0.406 e. The van der Waals surface area contributed by atoms with E-state index in [0.29, 0.717) is 35.5 Å². The summed E-state index contributed by atoms with van der Waals surface area (Å²) in [5, 5.41) is 6.78. The van der Waals surface area contributed by atoms with Gasteiger partial charge in [-0.1, -0.05) is 17.3 Å². The molecule has 1 aromatic heterocycles. The van der Waals surface area contributed by atoms with E-state index in [-0.39, 0.29) is 36.3 Å². The lowest BCUT2D eigenvalue weighted by Gasteiger charge is -2.39. The van der Waals surface area contributed by atoms with Crippen LogP contribution in [0, 0.1) is 5.92 Å². The Morgan fingerprint density at radius 2 is 2.03 bits per heavy atom. The number of halogens is 3. The number of alkyl halides is 3. The minimum absolute atomic E-state index is 0.0122. The molecule has 2 aliphatic carbocycles. The van der Waals surface area contributed by atoms with Gasteiger partial charge in [-0.2, -0.15) is 0 Å². The SMILES string of the molecule is CC(=O)N1CC(N(C(=O)NCc2cc(-c3cccc(OC(F)(F)F)c3)no2)C2CC2)CC2CC21. The molecule has 3 unspecified atom stereocenters. The van der Waals surface area contributed by atoms with E-state index in [1.54, 1.807) is 19.1 Å². The Morgan fingerprint density at radius 3 is 2.74 bits per heavy atom. The predicted octanol–water partition coefficient (Wildman–Crippen LogP) is 3.92. The second-order valence-electron chi connectivity index (χ2n) is 9.18. The molecular weight excluding hydrogens is 453 g/mol. The molecule has 2 saturated carbocycles. The summed E-state index contributed by atoms with van der Waals surface area (Å²) < 4.78 is 46.7. The molecule has 182 valence electrons. The van der Waals surface area contributed by atoms with Crippen LogP contribution in [0.25, 0.3) is 11.3 Å². The van der Waals surface area contributed by atoms with Gasteiger partial charge in [-0.25, -0.2) is 4.79 Å². The number of benzene rings is 1. The summed E-state index contributed by atoms with van der Waals surface area (Å²) in [5.41, 5.74) is 0.730. The normalized spacial score (nSPS) is 23.8. The highest BCUT2D eigenvalue weighted by Gasteiger charge is 2.51. The predicted molar refractivity (Wildman–Crippen MR) is 113 cm³/mol. The number of likely N-dealkylation sites (tertiary alicyclic amines) is 1. The highest BCUT2D eigenvalue weighted by molar-refractivity contribution is 5.77. The van der Waals surface area contributed by atoms with Crippen molar-refractivity contribution >= 4 is 11.9 Å². The van der Waals surface area contributed by atoms with E-state index in [1.165, 1.54) is 18.2 Å². The molecule has 1 aliphatic heterocycles. The lowest BCUT2D eigenvalue weighted by Crippen LogP contribution is -2.55. The largest absolute Gasteiger partial charge is 0.573 e. The quantitative estimate of drug-likeness (QED) is 0.680. The van der Waals surface area contributed by atoms with Crippen LogP contribution in [0.4, 0.5) is 18.0 Å². The molecule has 0 bridgehead atoms. The maximum absolute atomic E-state index is 13.1. The third kappa shape index (κ3) is 4.97. The van der Waals surface area contributed by atoms with Crippen LogP contribution in [0.15, 0.2) is 34.9 Å². The summed E-state index contributed by atoms with van der Waals surface area (Å²) in [7, 11) is 0. The molecule has 3 aliphatic rings. The van der Waals surface area contributed by atoms with Gasteiger partial charge in [-0.05, 0) is 43.7 Å². The number of piperidine rings is 1. The molecule has 0 spiro atoms. The Kier molecular flexibility index (Phi) is 5.65. The molecule has 1 saturated heterocycles. The van der Waals surface area contributed by atoms with Gasteiger partial charge in [0, 0.05) is 37.2 Å². The van der Waals surface area contributed by atoms with Crippen molar-refractivity contribution in [3.05, 3.63) is 36.1 Å². The number of rotatable bonds is 6. The average molecular weight is 478 g/mol. The number of carbonyl (C=O) groups excluding carboxylic acids is 2. The molecular formula is C23H25F3N4O4. The monoisotopic (exact) mass is 478 g/mol. The zero-order chi connectivity index (χ0) is 24.0. The number of hydrogen-bond donors (Lipinski definition) is 1. The summed E-state index contributed by atoms with van der Waals surface area (Å²) >= 11 is 0. The molecule has 5 rings (SSSR count). The number of amides is 3. The molecule has 11 heteroatoms. The zero-order valence-corrected chi connectivity index (χ0v) is 18.5. The maximum atomic E-state index is 13.1. The second-order valence-corrected chi connectivity index (χ2v) is 9.18. The fourth-order valence-electron chi connectivity index (χ4n) is 4.84. The molecule has 3 atom stereocenters. The minimum atomic E-state index is -4.79. The maximum Gasteiger partial charge on any atom is 0.573 e. The summed E-state index contributed by atoms with van der Waals surface area (Å²) in [6, 6.07) is 7.29. The van der Waals surface area contributed by atoms with E-state index in [4.69, 9.17) is 4.52 Å². The standard InChI is InChI=1S/C23H25F3N4O4/c1-13(31)29-12-17(7-15-9-21(15)29)30(16-5-6-16)22(32)27-11-19-10-20(28-34-19)14-3-2-4-18(8-14)33-23(24,25)26/h2-4,8,10,15-17,21H,5-7,9,11-12H2,1H3,(H,27,32). The summed E-state index contributed by atoms with van der Waals surface area (Å²) in [6.07, 6.45) is -0.985. The van der Waals surface area contributed by atoms with Crippen molar-refractivity contribution in [1.29, 1.82) is 0 Å². The Labute approximate surface area is 194 Å². The molecule has 1 N–H and O–H groups in total. The Balaban J connectivity index is 1.22. The van der Waals surface area contributed by atoms with Gasteiger partial charge in [-0.3, -0.25) is 4.79 Å². The Hall–Kier alpha value is -3.24. The van der Waals surface area contributed by atoms with Crippen LogP contribution >= 0.6 is 0 Å². The highest BCUT2D eigenvalue weighted by atomic mass is 19.4. The van der Waals surface area contributed by atoms with E-state index in [0.717, 1.165) is 25.7 Å². The van der Waals surface area contributed by atoms with Crippen molar-refractivity contribution in [2.45, 2.75) is 63.6 Å². The van der Waals surface area contributed by atoms with Crippen molar-refractivity contribution in [3.8, 4) is 17.0 Å². The van der Waals surface area contributed by atoms with Crippen LogP contribution < -0.4 is 10.1 Å². The molecule has 0 radical (unpaired) electrons. The number of nitrogens with one attached hydrogen (secondary N) is 1. The van der Waals surface area contributed by atoms with Crippen LogP contribution in [-0.4, -0.2) is 57.9 Å². The van der Waals surface area contributed by atoms with Crippen LogP contribution in [0.1, 0.15) is 38.4 Å². The molecule has 3 amide bonds. The zero-order valence-electron chi connectivity index (χ0n) is 18.5. The smallest absolute Gasteiger partial charge is 0.406 e. The summed E-state index contributed by atoms with van der Waals surface area (Å²) in [5.74, 6) is 0.531. The van der Waals surface area contributed by atoms with Gasteiger partial charge in [-0.15, -0.1) is 13.2 Å². The third-order valence-corrected chi connectivity index (χ3v) is 6.58. The molecule has 34 heavy (non-hydrogen) atoms. The van der Waals surface area contributed by atoms with E-state index in [1.807, 2.05) is 9.80 Å². The van der Waals surface area contributed by atoms with Crippen LogP contribution in [0.2, 0.25) is 0 Å². The van der Waals surface area contributed by atoms with Crippen LogP contribution in [0.3, 0.4) is 0 Å². The van der Waals surface area contributed by atoms with Crippen molar-refractivity contribution in [2.24, 2.45) is 5.92 Å². The number of nitrogens with zero attached hydrogens (tertiary/aromatic N) is 3. The van der Waals surface area contributed by atoms with E-state index >= 15 is 0 Å². The first-order valence-electron chi connectivity index (χ1n) is 11.3. The van der Waals surface area contributed by atoms with Gasteiger partial charge in [0.25, 0.3) is 0 Å². The van der Waals surface area contributed by atoms with Crippen molar-refractivity contribution < 1.29 is 32.0 Å².